The molecule has 164 valence electrons. The fourth-order valence-corrected chi connectivity index (χ4v) is 3.79. The summed E-state index contributed by atoms with van der Waals surface area (Å²) in [6.45, 7) is 3.10. The number of nitrogens with two attached hydrogens (primary N) is 1. The fourth-order valence-electron chi connectivity index (χ4n) is 3.79. The summed E-state index contributed by atoms with van der Waals surface area (Å²) in [7, 11) is 0. The van der Waals surface area contributed by atoms with Gasteiger partial charge in [0.25, 0.3) is 11.8 Å². The molecule has 4 N–H and O–H groups in total. The van der Waals surface area contributed by atoms with E-state index in [9.17, 15) is 9.59 Å². The van der Waals surface area contributed by atoms with Crippen molar-refractivity contribution in [3.63, 3.8) is 0 Å². The Labute approximate surface area is 190 Å². The standard InChI is InChI=1S/C22H21N7O2.ClH/c1-13-9-24-22(31)19-8-15-4-7-18(27-20(15)29(13)19)21(30)26-17-10-25-28(12-17)11-14-2-5-16(23)6-3-14;/h2-8,10,12-13H,9,11,23H2,1H3,(H,24,31)(H,26,30);1H. The summed E-state index contributed by atoms with van der Waals surface area (Å²) in [6.07, 6.45) is 3.36. The third-order valence-electron chi connectivity index (χ3n) is 5.36. The summed E-state index contributed by atoms with van der Waals surface area (Å²) in [4.78, 5) is 29.5. The molecule has 1 aromatic carbocycles. The number of anilines is 2. The molecule has 4 heterocycles. The average molecular weight is 452 g/mol. The highest BCUT2D eigenvalue weighted by Gasteiger charge is 2.25. The van der Waals surface area contributed by atoms with Crippen LogP contribution < -0.4 is 16.4 Å². The van der Waals surface area contributed by atoms with E-state index in [2.05, 4.69) is 20.7 Å². The first-order valence-electron chi connectivity index (χ1n) is 9.96. The van der Waals surface area contributed by atoms with Crippen LogP contribution in [0.1, 0.15) is 39.5 Å². The molecule has 10 heteroatoms. The maximum absolute atomic E-state index is 12.8. The van der Waals surface area contributed by atoms with Crippen molar-refractivity contribution in [1.29, 1.82) is 0 Å². The van der Waals surface area contributed by atoms with Crippen LogP contribution in [0.25, 0.3) is 11.0 Å². The number of carbonyl (C=O) groups excluding carboxylic acids is 2. The van der Waals surface area contributed by atoms with Crippen LogP contribution in [0.4, 0.5) is 11.4 Å². The molecule has 5 rings (SSSR count). The lowest BCUT2D eigenvalue weighted by Gasteiger charge is -2.23. The highest BCUT2D eigenvalue weighted by atomic mass is 35.5. The zero-order valence-electron chi connectivity index (χ0n) is 17.3. The van der Waals surface area contributed by atoms with Gasteiger partial charge in [-0.3, -0.25) is 14.3 Å². The normalized spacial score (nSPS) is 15.0. The van der Waals surface area contributed by atoms with Crippen LogP contribution in [0.5, 0.6) is 0 Å². The van der Waals surface area contributed by atoms with Crippen molar-refractivity contribution in [2.75, 3.05) is 17.6 Å². The lowest BCUT2D eigenvalue weighted by Crippen LogP contribution is -2.37. The van der Waals surface area contributed by atoms with Crippen LogP contribution in [0.15, 0.2) is 54.9 Å². The van der Waals surface area contributed by atoms with Gasteiger partial charge < -0.3 is 20.9 Å². The number of nitrogens with zero attached hydrogens (tertiary/aromatic N) is 4. The maximum Gasteiger partial charge on any atom is 0.274 e. The van der Waals surface area contributed by atoms with E-state index in [0.717, 1.165) is 10.9 Å². The molecule has 1 aliphatic heterocycles. The van der Waals surface area contributed by atoms with Crippen molar-refractivity contribution in [1.82, 2.24) is 24.6 Å². The van der Waals surface area contributed by atoms with Crippen molar-refractivity contribution in [3.8, 4) is 0 Å². The number of hydrogen-bond acceptors (Lipinski definition) is 5. The monoisotopic (exact) mass is 451 g/mol. The van der Waals surface area contributed by atoms with Crippen LogP contribution >= 0.6 is 12.4 Å². The molecule has 2 amide bonds. The van der Waals surface area contributed by atoms with Crippen molar-refractivity contribution in [2.45, 2.75) is 19.5 Å². The first-order chi connectivity index (χ1) is 15.0. The molecular weight excluding hydrogens is 430 g/mol. The molecular formula is C22H22ClN7O2. The van der Waals surface area contributed by atoms with Crippen LogP contribution in [-0.4, -0.2) is 37.7 Å². The Kier molecular flexibility index (Phi) is 5.58. The zero-order valence-corrected chi connectivity index (χ0v) is 18.1. The minimum atomic E-state index is -0.336. The number of aromatic nitrogens is 4. The summed E-state index contributed by atoms with van der Waals surface area (Å²) >= 11 is 0. The number of halogens is 1. The summed E-state index contributed by atoms with van der Waals surface area (Å²) in [6, 6.07) is 12.9. The summed E-state index contributed by atoms with van der Waals surface area (Å²) in [5.41, 5.74) is 9.52. The lowest BCUT2D eigenvalue weighted by molar-refractivity contribution is 0.0918. The van der Waals surface area contributed by atoms with Crippen LogP contribution in [0.2, 0.25) is 0 Å². The highest BCUT2D eigenvalue weighted by Crippen LogP contribution is 2.25. The van der Waals surface area contributed by atoms with Gasteiger partial charge in [0.05, 0.1) is 24.5 Å². The molecule has 0 aliphatic carbocycles. The van der Waals surface area contributed by atoms with Crippen molar-refractivity contribution in [2.24, 2.45) is 0 Å². The smallest absolute Gasteiger partial charge is 0.274 e. The lowest BCUT2D eigenvalue weighted by atomic mass is 10.2. The van der Waals surface area contributed by atoms with Gasteiger partial charge in [0.1, 0.15) is 17.0 Å². The number of benzene rings is 1. The number of nitrogens with one attached hydrogen (secondary N) is 2. The number of rotatable bonds is 4. The van der Waals surface area contributed by atoms with Crippen LogP contribution in [-0.2, 0) is 6.54 Å². The minimum absolute atomic E-state index is 0. The van der Waals surface area contributed by atoms with E-state index in [1.54, 1.807) is 29.2 Å². The van der Waals surface area contributed by atoms with E-state index >= 15 is 0 Å². The van der Waals surface area contributed by atoms with Gasteiger partial charge >= 0.3 is 0 Å². The Morgan fingerprint density at radius 1 is 1.25 bits per heavy atom. The number of fused-ring (bicyclic) bond motifs is 3. The first-order valence-corrected chi connectivity index (χ1v) is 9.96. The molecule has 1 aliphatic rings. The Morgan fingerprint density at radius 3 is 2.81 bits per heavy atom. The number of nitrogen functional groups attached to an aromatic ring is 1. The van der Waals surface area contributed by atoms with Crippen LogP contribution in [0.3, 0.4) is 0 Å². The minimum Gasteiger partial charge on any atom is -0.399 e. The third-order valence-corrected chi connectivity index (χ3v) is 5.36. The van der Waals surface area contributed by atoms with Gasteiger partial charge in [0.2, 0.25) is 0 Å². The number of pyridine rings is 1. The molecule has 0 saturated carbocycles. The van der Waals surface area contributed by atoms with E-state index in [1.165, 1.54) is 0 Å². The van der Waals surface area contributed by atoms with Crippen molar-refractivity contribution < 1.29 is 9.59 Å². The predicted molar refractivity (Wildman–Crippen MR) is 124 cm³/mol. The second-order valence-electron chi connectivity index (χ2n) is 7.69. The second kappa shape index (κ2) is 8.35. The van der Waals surface area contributed by atoms with Gasteiger partial charge in [-0.2, -0.15) is 5.10 Å². The molecule has 9 nitrogen and oxygen atoms in total. The van der Waals surface area contributed by atoms with Gasteiger partial charge in [-0.1, -0.05) is 12.1 Å². The molecule has 0 spiro atoms. The molecule has 0 bridgehead atoms. The Bertz CT molecular complexity index is 1310. The van der Waals surface area contributed by atoms with E-state index in [4.69, 9.17) is 5.73 Å². The predicted octanol–water partition coefficient (Wildman–Crippen LogP) is 2.84. The molecule has 32 heavy (non-hydrogen) atoms. The summed E-state index contributed by atoms with van der Waals surface area (Å²) < 4.78 is 3.62. The van der Waals surface area contributed by atoms with E-state index in [-0.39, 0.29) is 36.0 Å². The van der Waals surface area contributed by atoms with Gasteiger partial charge in [-0.25, -0.2) is 4.98 Å². The molecule has 0 fully saturated rings. The zero-order chi connectivity index (χ0) is 21.5. The Hall–Kier alpha value is -3.85. The Morgan fingerprint density at radius 2 is 2.03 bits per heavy atom. The maximum atomic E-state index is 12.8. The van der Waals surface area contributed by atoms with E-state index in [0.29, 0.717) is 35.8 Å². The number of carbonyl (C=O) groups is 2. The summed E-state index contributed by atoms with van der Waals surface area (Å²) in [5.74, 6) is -0.465. The van der Waals surface area contributed by atoms with E-state index < -0.39 is 0 Å². The summed E-state index contributed by atoms with van der Waals surface area (Å²) in [5, 5.41) is 10.8. The number of hydrogen-bond donors (Lipinski definition) is 3. The molecule has 4 aromatic rings. The van der Waals surface area contributed by atoms with Gasteiger partial charge in [0, 0.05) is 23.8 Å². The average Bonchev–Trinajstić information content (AvgIpc) is 3.37. The van der Waals surface area contributed by atoms with Crippen LogP contribution in [0, 0.1) is 0 Å². The SMILES string of the molecule is CC1CNC(=O)c2cc3ccc(C(=O)Nc4cnn(Cc5ccc(N)cc5)c4)nc3n21.Cl. The molecule has 1 unspecified atom stereocenters. The van der Waals surface area contributed by atoms with E-state index in [1.807, 2.05) is 41.8 Å². The molecule has 3 aromatic heterocycles. The largest absolute Gasteiger partial charge is 0.399 e. The van der Waals surface area contributed by atoms with Crippen molar-refractivity contribution in [3.05, 3.63) is 71.8 Å². The first kappa shape index (κ1) is 21.4. The number of amides is 2. The second-order valence-corrected chi connectivity index (χ2v) is 7.69. The molecule has 0 saturated heterocycles. The van der Waals surface area contributed by atoms with Gasteiger partial charge in [-0.05, 0) is 42.8 Å². The van der Waals surface area contributed by atoms with Gasteiger partial charge in [0.15, 0.2) is 0 Å². The quantitative estimate of drug-likeness (QED) is 0.412. The van der Waals surface area contributed by atoms with Gasteiger partial charge in [-0.15, -0.1) is 12.4 Å². The Balaban J connectivity index is 0.00000245. The molecule has 1 atom stereocenters. The highest BCUT2D eigenvalue weighted by molar-refractivity contribution is 6.04. The molecule has 0 radical (unpaired) electrons. The topological polar surface area (TPSA) is 120 Å². The fraction of sp³-hybridized carbons (Fsp3) is 0.182. The van der Waals surface area contributed by atoms with Crippen molar-refractivity contribution >= 4 is 46.6 Å². The third kappa shape index (κ3) is 3.90.